The molecule has 114 valence electrons. The highest BCUT2D eigenvalue weighted by molar-refractivity contribution is 5.72. The van der Waals surface area contributed by atoms with Crippen LogP contribution in [-0.4, -0.2) is 36.4 Å². The van der Waals surface area contributed by atoms with Crippen molar-refractivity contribution in [2.75, 3.05) is 19.8 Å². The maximum absolute atomic E-state index is 11.5. The Bertz CT molecular complexity index is 352. The number of hydrogen-bond acceptors (Lipinski definition) is 3. The van der Waals surface area contributed by atoms with E-state index in [4.69, 9.17) is 4.74 Å². The predicted molar refractivity (Wildman–Crippen MR) is 80.6 cm³/mol. The highest BCUT2D eigenvalue weighted by Crippen LogP contribution is 2.35. The number of hydrogen-bond donors (Lipinski definition) is 2. The van der Waals surface area contributed by atoms with Gasteiger partial charge in [-0.25, -0.2) is 0 Å². The second-order valence-electron chi connectivity index (χ2n) is 6.13. The van der Waals surface area contributed by atoms with E-state index in [-0.39, 0.29) is 17.4 Å². The van der Waals surface area contributed by atoms with Crippen molar-refractivity contribution in [1.82, 2.24) is 5.32 Å². The van der Waals surface area contributed by atoms with Crippen molar-refractivity contribution < 1.29 is 14.6 Å². The van der Waals surface area contributed by atoms with Crippen molar-refractivity contribution in [2.24, 2.45) is 17.8 Å². The van der Waals surface area contributed by atoms with Crippen molar-refractivity contribution in [3.63, 3.8) is 0 Å². The number of rotatable bonds is 9. The third-order valence-electron chi connectivity index (χ3n) is 4.06. The Morgan fingerprint density at radius 1 is 1.50 bits per heavy atom. The molecule has 1 aliphatic heterocycles. The van der Waals surface area contributed by atoms with Crippen molar-refractivity contribution in [3.8, 4) is 0 Å². The van der Waals surface area contributed by atoms with Crippen LogP contribution in [0.1, 0.15) is 26.7 Å². The first-order valence-corrected chi connectivity index (χ1v) is 7.19. The molecule has 0 spiro atoms. The Labute approximate surface area is 121 Å². The number of aliphatic carboxylic acids is 1. The number of carbonyl (C=O) groups is 1. The smallest absolute Gasteiger partial charge is 0.308 e. The van der Waals surface area contributed by atoms with Crippen LogP contribution < -0.4 is 5.32 Å². The molecule has 1 fully saturated rings. The molecule has 2 N–H and O–H groups in total. The minimum absolute atomic E-state index is 0.139. The molecule has 0 bridgehead atoms. The molecule has 0 aromatic heterocycles. The quantitative estimate of drug-likeness (QED) is 0.503. The van der Waals surface area contributed by atoms with Crippen LogP contribution in [-0.2, 0) is 9.53 Å². The van der Waals surface area contributed by atoms with Gasteiger partial charge in [0.1, 0.15) is 0 Å². The number of carboxylic acid groups (broad SMARTS) is 1. The Hall–Kier alpha value is -1.13. The largest absolute Gasteiger partial charge is 0.481 e. The first-order chi connectivity index (χ1) is 9.42. The van der Waals surface area contributed by atoms with Gasteiger partial charge in [0.05, 0.1) is 19.1 Å². The molecule has 0 radical (unpaired) electrons. The fourth-order valence-corrected chi connectivity index (χ4v) is 3.16. The van der Waals surface area contributed by atoms with E-state index in [1.807, 2.05) is 19.9 Å². The van der Waals surface area contributed by atoms with E-state index in [2.05, 4.69) is 18.5 Å². The Morgan fingerprint density at radius 3 is 2.75 bits per heavy atom. The van der Waals surface area contributed by atoms with Crippen LogP contribution in [0.5, 0.6) is 0 Å². The fourth-order valence-electron chi connectivity index (χ4n) is 3.16. The molecule has 1 heterocycles. The second kappa shape index (κ2) is 7.60. The molecular formula is C16H27NO3. The minimum atomic E-state index is -0.714. The summed E-state index contributed by atoms with van der Waals surface area (Å²) in [5.74, 6) is -0.613. The molecule has 0 aromatic rings. The SMILES string of the molecule is C=CCOC[C@H](CC=C)CC1CNC(C)(C)C1C(=O)O. The van der Waals surface area contributed by atoms with Crippen molar-refractivity contribution in [2.45, 2.75) is 32.2 Å². The lowest BCUT2D eigenvalue weighted by Crippen LogP contribution is -2.42. The summed E-state index contributed by atoms with van der Waals surface area (Å²) in [6.07, 6.45) is 5.30. The zero-order valence-electron chi connectivity index (χ0n) is 12.6. The van der Waals surface area contributed by atoms with Crippen LogP contribution in [0.4, 0.5) is 0 Å². The van der Waals surface area contributed by atoms with E-state index in [9.17, 15) is 9.90 Å². The summed E-state index contributed by atoms with van der Waals surface area (Å²) >= 11 is 0. The zero-order valence-corrected chi connectivity index (χ0v) is 12.6. The molecule has 2 unspecified atom stereocenters. The highest BCUT2D eigenvalue weighted by Gasteiger charge is 2.46. The van der Waals surface area contributed by atoms with Crippen LogP contribution in [0.15, 0.2) is 25.3 Å². The standard InChI is InChI=1S/C16H27NO3/c1-5-7-12(11-20-8-6-2)9-13-10-17-16(3,4)14(13)15(18)19/h5-6,12-14,17H,1-2,7-11H2,3-4H3,(H,18,19)/t12-,13?,14?/m1/s1. The summed E-state index contributed by atoms with van der Waals surface area (Å²) in [5, 5.41) is 12.8. The number of ether oxygens (including phenoxy) is 1. The predicted octanol–water partition coefficient (Wildman–Crippen LogP) is 2.47. The molecule has 0 aromatic carbocycles. The van der Waals surface area contributed by atoms with Gasteiger partial charge in [-0.2, -0.15) is 0 Å². The number of allylic oxidation sites excluding steroid dienone is 1. The van der Waals surface area contributed by atoms with Crippen LogP contribution in [0.3, 0.4) is 0 Å². The normalized spacial score (nSPS) is 26.1. The van der Waals surface area contributed by atoms with Gasteiger partial charge in [-0.3, -0.25) is 4.79 Å². The Kier molecular flexibility index (Phi) is 6.43. The lowest BCUT2D eigenvalue weighted by atomic mass is 9.78. The van der Waals surface area contributed by atoms with E-state index in [1.165, 1.54) is 0 Å². The molecular weight excluding hydrogens is 254 g/mol. The maximum atomic E-state index is 11.5. The molecule has 1 saturated heterocycles. The second-order valence-corrected chi connectivity index (χ2v) is 6.13. The lowest BCUT2D eigenvalue weighted by Gasteiger charge is -2.28. The average Bonchev–Trinajstić information content (AvgIpc) is 2.65. The molecule has 1 aliphatic rings. The van der Waals surface area contributed by atoms with Gasteiger partial charge in [0.25, 0.3) is 0 Å². The summed E-state index contributed by atoms with van der Waals surface area (Å²) in [6.45, 7) is 13.2. The summed E-state index contributed by atoms with van der Waals surface area (Å²) in [6, 6.07) is 0. The molecule has 4 nitrogen and oxygen atoms in total. The van der Waals surface area contributed by atoms with Gasteiger partial charge >= 0.3 is 5.97 Å². The van der Waals surface area contributed by atoms with Crippen molar-refractivity contribution in [1.29, 1.82) is 0 Å². The minimum Gasteiger partial charge on any atom is -0.481 e. The lowest BCUT2D eigenvalue weighted by molar-refractivity contribution is -0.145. The van der Waals surface area contributed by atoms with Crippen LogP contribution in [0.2, 0.25) is 0 Å². The monoisotopic (exact) mass is 281 g/mol. The van der Waals surface area contributed by atoms with Crippen molar-refractivity contribution >= 4 is 5.97 Å². The third-order valence-corrected chi connectivity index (χ3v) is 4.06. The first kappa shape index (κ1) is 16.9. The fraction of sp³-hybridized carbons (Fsp3) is 0.688. The van der Waals surface area contributed by atoms with Gasteiger partial charge in [-0.05, 0) is 45.1 Å². The van der Waals surface area contributed by atoms with Crippen LogP contribution in [0, 0.1) is 17.8 Å². The highest BCUT2D eigenvalue weighted by atomic mass is 16.5. The van der Waals surface area contributed by atoms with Crippen LogP contribution in [0.25, 0.3) is 0 Å². The molecule has 3 atom stereocenters. The summed E-state index contributed by atoms with van der Waals surface area (Å²) < 4.78 is 5.52. The van der Waals surface area contributed by atoms with E-state index in [0.29, 0.717) is 19.1 Å². The number of nitrogens with one attached hydrogen (secondary N) is 1. The molecule has 0 amide bonds. The third kappa shape index (κ3) is 4.46. The van der Waals surface area contributed by atoms with Gasteiger partial charge in [0, 0.05) is 5.54 Å². The molecule has 4 heteroatoms. The summed E-state index contributed by atoms with van der Waals surface area (Å²) in [5.41, 5.74) is -0.350. The van der Waals surface area contributed by atoms with Gasteiger partial charge < -0.3 is 15.2 Å². The van der Waals surface area contributed by atoms with E-state index >= 15 is 0 Å². The van der Waals surface area contributed by atoms with Gasteiger partial charge in [-0.15, -0.1) is 13.2 Å². The first-order valence-electron chi connectivity index (χ1n) is 7.19. The molecule has 1 rings (SSSR count). The van der Waals surface area contributed by atoms with E-state index in [0.717, 1.165) is 19.4 Å². The Morgan fingerprint density at radius 2 is 2.20 bits per heavy atom. The van der Waals surface area contributed by atoms with E-state index < -0.39 is 5.97 Å². The van der Waals surface area contributed by atoms with Crippen LogP contribution >= 0.6 is 0 Å². The summed E-state index contributed by atoms with van der Waals surface area (Å²) in [7, 11) is 0. The molecule has 0 saturated carbocycles. The van der Waals surface area contributed by atoms with Gasteiger partial charge in [0.15, 0.2) is 0 Å². The topological polar surface area (TPSA) is 58.6 Å². The molecule has 0 aliphatic carbocycles. The molecule has 20 heavy (non-hydrogen) atoms. The average molecular weight is 281 g/mol. The maximum Gasteiger partial charge on any atom is 0.308 e. The van der Waals surface area contributed by atoms with Gasteiger partial charge in [-0.1, -0.05) is 12.2 Å². The van der Waals surface area contributed by atoms with Crippen molar-refractivity contribution in [3.05, 3.63) is 25.3 Å². The number of carboxylic acids is 1. The summed E-state index contributed by atoms with van der Waals surface area (Å²) in [4.78, 5) is 11.5. The van der Waals surface area contributed by atoms with E-state index in [1.54, 1.807) is 6.08 Å². The van der Waals surface area contributed by atoms with Gasteiger partial charge in [0.2, 0.25) is 0 Å². The Balaban J connectivity index is 2.64. The zero-order chi connectivity index (χ0) is 15.2.